The molecule has 1 aliphatic heterocycles. The average molecular weight is 398 g/mol. The molecule has 0 atom stereocenters. The molecule has 6 nitrogen and oxygen atoms in total. The largest absolute Gasteiger partial charge is 0.384 e. The summed E-state index contributed by atoms with van der Waals surface area (Å²) in [6.45, 7) is 3.08. The summed E-state index contributed by atoms with van der Waals surface area (Å²) in [6, 6.07) is 15.6. The minimum atomic E-state index is -3.45. The minimum absolute atomic E-state index is 0.0491. The number of carbonyl (C=O) groups is 1. The maximum atomic E-state index is 12.7. The van der Waals surface area contributed by atoms with E-state index in [2.05, 4.69) is 11.4 Å². The number of hydrogen-bond donors (Lipinski definition) is 1. The van der Waals surface area contributed by atoms with Crippen LogP contribution in [0.1, 0.15) is 35.7 Å². The van der Waals surface area contributed by atoms with Crippen LogP contribution in [0.25, 0.3) is 0 Å². The quantitative estimate of drug-likeness (QED) is 0.756. The smallest absolute Gasteiger partial charge is 0.243 e. The molecule has 0 spiro atoms. The van der Waals surface area contributed by atoms with Gasteiger partial charge in [-0.05, 0) is 56.0 Å². The van der Waals surface area contributed by atoms with E-state index in [1.54, 1.807) is 48.5 Å². The molecule has 2 aromatic rings. The zero-order valence-corrected chi connectivity index (χ0v) is 16.6. The van der Waals surface area contributed by atoms with Crippen LogP contribution in [0.5, 0.6) is 0 Å². The van der Waals surface area contributed by atoms with E-state index >= 15 is 0 Å². The second-order valence-corrected chi connectivity index (χ2v) is 8.91. The van der Waals surface area contributed by atoms with Gasteiger partial charge in [0.15, 0.2) is 5.78 Å². The second kappa shape index (κ2) is 8.55. The summed E-state index contributed by atoms with van der Waals surface area (Å²) in [7, 11) is -3.45. The molecule has 1 saturated heterocycles. The molecule has 0 aromatic heterocycles. The number of carbonyl (C=O) groups excluding carboxylic acids is 1. The molecule has 0 bridgehead atoms. The van der Waals surface area contributed by atoms with E-state index in [4.69, 9.17) is 0 Å². The molecule has 1 aliphatic rings. The molecular formula is C21H23N3O3S. The van der Waals surface area contributed by atoms with E-state index in [9.17, 15) is 18.5 Å². The van der Waals surface area contributed by atoms with E-state index in [1.807, 2.05) is 0 Å². The molecule has 1 fully saturated rings. The second-order valence-electron chi connectivity index (χ2n) is 6.97. The molecule has 1 N–H and O–H groups in total. The summed E-state index contributed by atoms with van der Waals surface area (Å²) in [5, 5.41) is 12.5. The molecule has 1 heterocycles. The molecule has 0 saturated carbocycles. The Morgan fingerprint density at radius 2 is 1.86 bits per heavy atom. The zero-order valence-electron chi connectivity index (χ0n) is 15.8. The van der Waals surface area contributed by atoms with Gasteiger partial charge in [-0.2, -0.15) is 9.57 Å². The predicted molar refractivity (Wildman–Crippen MR) is 108 cm³/mol. The fourth-order valence-electron chi connectivity index (χ4n) is 3.36. The number of ketones is 1. The monoisotopic (exact) mass is 397 g/mol. The van der Waals surface area contributed by atoms with Crippen LogP contribution >= 0.6 is 0 Å². The van der Waals surface area contributed by atoms with Gasteiger partial charge >= 0.3 is 0 Å². The van der Waals surface area contributed by atoms with Gasteiger partial charge in [-0.3, -0.25) is 4.79 Å². The van der Waals surface area contributed by atoms with Crippen LogP contribution in [0.2, 0.25) is 0 Å². The summed E-state index contributed by atoms with van der Waals surface area (Å²) < 4.78 is 26.9. The normalized spacial score (nSPS) is 15.7. The SMILES string of the molecule is CC(=O)c1ccc(C#N)c(NCC2CCN(S(=O)(=O)c3ccccc3)CC2)c1. The van der Waals surface area contributed by atoms with Gasteiger partial charge in [0, 0.05) is 25.2 Å². The first-order chi connectivity index (χ1) is 13.4. The number of nitrogens with one attached hydrogen (secondary N) is 1. The molecule has 0 unspecified atom stereocenters. The van der Waals surface area contributed by atoms with E-state index in [0.717, 1.165) is 12.8 Å². The van der Waals surface area contributed by atoms with E-state index in [0.29, 0.717) is 47.3 Å². The summed E-state index contributed by atoms with van der Waals surface area (Å²) in [5.41, 5.74) is 1.70. The molecule has 3 rings (SSSR count). The van der Waals surface area contributed by atoms with Crippen molar-refractivity contribution in [2.24, 2.45) is 5.92 Å². The Morgan fingerprint density at radius 3 is 2.46 bits per heavy atom. The number of sulfonamides is 1. The van der Waals surface area contributed by atoms with Crippen molar-refractivity contribution in [1.29, 1.82) is 5.26 Å². The first-order valence-electron chi connectivity index (χ1n) is 9.26. The average Bonchev–Trinajstić information content (AvgIpc) is 2.73. The Hall–Kier alpha value is -2.69. The standard InChI is InChI=1S/C21H23N3O3S/c1-16(25)18-7-8-19(14-22)21(13-18)23-15-17-9-11-24(12-10-17)28(26,27)20-5-3-2-4-6-20/h2-8,13,17,23H,9-12,15H2,1H3. The van der Waals surface area contributed by atoms with Crippen LogP contribution < -0.4 is 5.32 Å². The molecule has 0 amide bonds. The minimum Gasteiger partial charge on any atom is -0.384 e. The van der Waals surface area contributed by atoms with E-state index < -0.39 is 10.0 Å². The molecule has 0 radical (unpaired) electrons. The van der Waals surface area contributed by atoms with Crippen molar-refractivity contribution in [1.82, 2.24) is 4.31 Å². The molecular weight excluding hydrogens is 374 g/mol. The summed E-state index contributed by atoms with van der Waals surface area (Å²) in [4.78, 5) is 11.9. The summed E-state index contributed by atoms with van der Waals surface area (Å²) >= 11 is 0. The number of hydrogen-bond acceptors (Lipinski definition) is 5. The highest BCUT2D eigenvalue weighted by molar-refractivity contribution is 7.89. The number of nitrogens with zero attached hydrogens (tertiary/aromatic N) is 2. The van der Waals surface area contributed by atoms with Gasteiger partial charge in [0.05, 0.1) is 16.1 Å². The Bertz CT molecular complexity index is 989. The predicted octanol–water partition coefficient (Wildman–Crippen LogP) is 3.27. The van der Waals surface area contributed by atoms with Gasteiger partial charge in [0.25, 0.3) is 0 Å². The lowest BCUT2D eigenvalue weighted by molar-refractivity contribution is 0.101. The lowest BCUT2D eigenvalue weighted by Crippen LogP contribution is -2.39. The number of rotatable bonds is 6. The van der Waals surface area contributed by atoms with Crippen molar-refractivity contribution >= 4 is 21.5 Å². The Labute approximate surface area is 165 Å². The molecule has 146 valence electrons. The Kier molecular flexibility index (Phi) is 6.12. The number of benzene rings is 2. The van der Waals surface area contributed by atoms with Crippen molar-refractivity contribution in [3.05, 3.63) is 59.7 Å². The number of Topliss-reactive ketones (excluding diaryl/α,β-unsaturated/α-hetero) is 1. The van der Waals surface area contributed by atoms with Gasteiger partial charge in [0.1, 0.15) is 6.07 Å². The van der Waals surface area contributed by atoms with Crippen LogP contribution in [-0.2, 0) is 10.0 Å². The van der Waals surface area contributed by atoms with Crippen LogP contribution in [-0.4, -0.2) is 38.1 Å². The van der Waals surface area contributed by atoms with Gasteiger partial charge < -0.3 is 5.32 Å². The lowest BCUT2D eigenvalue weighted by atomic mass is 9.97. The van der Waals surface area contributed by atoms with Crippen molar-refractivity contribution < 1.29 is 13.2 Å². The Morgan fingerprint density at radius 1 is 1.18 bits per heavy atom. The first kappa shape index (κ1) is 20.1. The van der Waals surface area contributed by atoms with Crippen LogP contribution in [0, 0.1) is 17.2 Å². The van der Waals surface area contributed by atoms with Gasteiger partial charge in [-0.1, -0.05) is 18.2 Å². The van der Waals surface area contributed by atoms with E-state index in [1.165, 1.54) is 11.2 Å². The van der Waals surface area contributed by atoms with Gasteiger partial charge in [-0.15, -0.1) is 0 Å². The van der Waals surface area contributed by atoms with Crippen molar-refractivity contribution in [2.45, 2.75) is 24.7 Å². The summed E-state index contributed by atoms with van der Waals surface area (Å²) in [5.74, 6) is 0.252. The van der Waals surface area contributed by atoms with Crippen molar-refractivity contribution in [3.8, 4) is 6.07 Å². The van der Waals surface area contributed by atoms with Gasteiger partial charge in [-0.25, -0.2) is 8.42 Å². The maximum absolute atomic E-state index is 12.7. The van der Waals surface area contributed by atoms with Crippen LogP contribution in [0.4, 0.5) is 5.69 Å². The molecule has 7 heteroatoms. The Balaban J connectivity index is 1.60. The number of anilines is 1. The van der Waals surface area contributed by atoms with Crippen LogP contribution in [0.3, 0.4) is 0 Å². The molecule has 2 aromatic carbocycles. The third kappa shape index (κ3) is 4.41. The third-order valence-corrected chi connectivity index (χ3v) is 7.00. The highest BCUT2D eigenvalue weighted by atomic mass is 32.2. The fraction of sp³-hybridized carbons (Fsp3) is 0.333. The highest BCUT2D eigenvalue weighted by Crippen LogP contribution is 2.25. The number of piperidine rings is 1. The molecule has 28 heavy (non-hydrogen) atoms. The zero-order chi connectivity index (χ0) is 20.1. The van der Waals surface area contributed by atoms with E-state index in [-0.39, 0.29) is 5.78 Å². The lowest BCUT2D eigenvalue weighted by Gasteiger charge is -2.31. The van der Waals surface area contributed by atoms with Crippen molar-refractivity contribution in [2.75, 3.05) is 25.0 Å². The third-order valence-electron chi connectivity index (χ3n) is 5.08. The maximum Gasteiger partial charge on any atom is 0.243 e. The topological polar surface area (TPSA) is 90.3 Å². The molecule has 0 aliphatic carbocycles. The number of nitriles is 1. The highest BCUT2D eigenvalue weighted by Gasteiger charge is 2.29. The van der Waals surface area contributed by atoms with Crippen LogP contribution in [0.15, 0.2) is 53.4 Å². The van der Waals surface area contributed by atoms with Gasteiger partial charge in [0.2, 0.25) is 10.0 Å². The first-order valence-corrected chi connectivity index (χ1v) is 10.7. The summed E-state index contributed by atoms with van der Waals surface area (Å²) in [6.07, 6.45) is 1.49. The van der Waals surface area contributed by atoms with Crippen molar-refractivity contribution in [3.63, 3.8) is 0 Å². The fourth-order valence-corrected chi connectivity index (χ4v) is 4.85.